The Morgan fingerprint density at radius 1 is 1.64 bits per heavy atom. The first-order valence-electron chi connectivity index (χ1n) is 3.92. The van der Waals surface area contributed by atoms with E-state index in [-0.39, 0.29) is 0 Å². The maximum atomic E-state index is 4.18. The fourth-order valence-corrected chi connectivity index (χ4v) is 1.54. The van der Waals surface area contributed by atoms with Gasteiger partial charge >= 0.3 is 0 Å². The summed E-state index contributed by atoms with van der Waals surface area (Å²) in [5.41, 5.74) is 0. The molecule has 0 N–H and O–H groups in total. The molecule has 0 bridgehead atoms. The maximum Gasteiger partial charge on any atom is 0.171 e. The van der Waals surface area contributed by atoms with Crippen LogP contribution in [0.15, 0.2) is 5.10 Å². The SMILES string of the molecule is CCCCN1C=NN(C)C1I. The Hall–Kier alpha value is 0. The van der Waals surface area contributed by atoms with Crippen LogP contribution in [0.25, 0.3) is 0 Å². The van der Waals surface area contributed by atoms with Crippen molar-refractivity contribution in [2.75, 3.05) is 13.6 Å². The fraction of sp³-hybridized carbons (Fsp3) is 0.857. The van der Waals surface area contributed by atoms with Crippen molar-refractivity contribution < 1.29 is 0 Å². The van der Waals surface area contributed by atoms with Crippen LogP contribution in [-0.4, -0.2) is 34.0 Å². The number of rotatable bonds is 3. The molecule has 11 heavy (non-hydrogen) atoms. The van der Waals surface area contributed by atoms with Gasteiger partial charge in [0.25, 0.3) is 0 Å². The molecule has 1 rings (SSSR count). The minimum Gasteiger partial charge on any atom is -0.331 e. The zero-order chi connectivity index (χ0) is 8.27. The molecule has 3 nitrogen and oxygen atoms in total. The van der Waals surface area contributed by atoms with Gasteiger partial charge in [-0.15, -0.1) is 0 Å². The van der Waals surface area contributed by atoms with Crippen molar-refractivity contribution in [3.63, 3.8) is 0 Å². The van der Waals surface area contributed by atoms with E-state index in [0.717, 1.165) is 6.54 Å². The van der Waals surface area contributed by atoms with Gasteiger partial charge in [0.05, 0.1) is 0 Å². The number of hydrogen-bond acceptors (Lipinski definition) is 3. The molecule has 0 aromatic heterocycles. The molecule has 1 aliphatic rings. The Balaban J connectivity index is 2.31. The molecule has 0 aliphatic carbocycles. The first-order chi connectivity index (χ1) is 5.25. The van der Waals surface area contributed by atoms with E-state index in [1.54, 1.807) is 0 Å². The van der Waals surface area contributed by atoms with E-state index in [1.165, 1.54) is 12.8 Å². The van der Waals surface area contributed by atoms with Gasteiger partial charge in [-0.05, 0) is 29.0 Å². The highest BCUT2D eigenvalue weighted by molar-refractivity contribution is 14.1. The van der Waals surface area contributed by atoms with Crippen LogP contribution < -0.4 is 0 Å². The van der Waals surface area contributed by atoms with E-state index < -0.39 is 0 Å². The highest BCUT2D eigenvalue weighted by Crippen LogP contribution is 2.16. The maximum absolute atomic E-state index is 4.18. The van der Waals surface area contributed by atoms with Crippen LogP contribution in [0, 0.1) is 0 Å². The van der Waals surface area contributed by atoms with Crippen molar-refractivity contribution in [3.8, 4) is 0 Å². The molecule has 0 saturated carbocycles. The lowest BCUT2D eigenvalue weighted by atomic mass is 10.3. The largest absolute Gasteiger partial charge is 0.331 e. The number of hydrazone groups is 1. The van der Waals surface area contributed by atoms with Gasteiger partial charge in [-0.1, -0.05) is 13.3 Å². The summed E-state index contributed by atoms with van der Waals surface area (Å²) >= 11 is 2.39. The fourth-order valence-electron chi connectivity index (χ4n) is 0.977. The molecule has 0 spiro atoms. The van der Waals surface area contributed by atoms with Crippen LogP contribution in [0.1, 0.15) is 19.8 Å². The zero-order valence-electron chi connectivity index (χ0n) is 7.00. The molecule has 64 valence electrons. The molecule has 1 atom stereocenters. The summed E-state index contributed by atoms with van der Waals surface area (Å²) in [4.78, 5) is 2.25. The minimum atomic E-state index is 0.416. The monoisotopic (exact) mass is 267 g/mol. The molecule has 0 radical (unpaired) electrons. The lowest BCUT2D eigenvalue weighted by Gasteiger charge is -2.22. The molecule has 0 aromatic rings. The molecule has 1 aliphatic heterocycles. The van der Waals surface area contributed by atoms with Crippen LogP contribution in [0.5, 0.6) is 0 Å². The Labute approximate surface area is 81.6 Å². The molecular weight excluding hydrogens is 253 g/mol. The van der Waals surface area contributed by atoms with Gasteiger partial charge in [0.1, 0.15) is 6.34 Å². The summed E-state index contributed by atoms with van der Waals surface area (Å²) in [6, 6.07) is 0. The summed E-state index contributed by atoms with van der Waals surface area (Å²) < 4.78 is 0.416. The lowest BCUT2D eigenvalue weighted by Crippen LogP contribution is -2.32. The van der Waals surface area contributed by atoms with E-state index in [2.05, 4.69) is 39.5 Å². The van der Waals surface area contributed by atoms with E-state index in [4.69, 9.17) is 0 Å². The van der Waals surface area contributed by atoms with Crippen LogP contribution in [-0.2, 0) is 0 Å². The molecule has 0 fully saturated rings. The number of alkyl halides is 1. The van der Waals surface area contributed by atoms with Gasteiger partial charge in [0, 0.05) is 13.6 Å². The van der Waals surface area contributed by atoms with Crippen LogP contribution in [0.3, 0.4) is 0 Å². The third-order valence-corrected chi connectivity index (χ3v) is 3.26. The van der Waals surface area contributed by atoms with Crippen molar-refractivity contribution in [2.45, 2.75) is 23.9 Å². The Bertz CT molecular complexity index is 149. The average Bonchev–Trinajstić information content (AvgIpc) is 2.31. The van der Waals surface area contributed by atoms with Gasteiger partial charge in [0.15, 0.2) is 4.17 Å². The third-order valence-electron chi connectivity index (χ3n) is 1.73. The van der Waals surface area contributed by atoms with E-state index in [1.807, 2.05) is 18.4 Å². The normalized spacial score (nSPS) is 23.4. The van der Waals surface area contributed by atoms with E-state index in [0.29, 0.717) is 4.17 Å². The topological polar surface area (TPSA) is 18.8 Å². The van der Waals surface area contributed by atoms with Crippen molar-refractivity contribution >= 4 is 28.9 Å². The quantitative estimate of drug-likeness (QED) is 0.440. The van der Waals surface area contributed by atoms with Gasteiger partial charge in [-0.25, -0.2) is 0 Å². The summed E-state index contributed by atoms with van der Waals surface area (Å²) in [6.45, 7) is 3.33. The third kappa shape index (κ3) is 2.21. The zero-order valence-corrected chi connectivity index (χ0v) is 9.15. The molecule has 0 saturated heterocycles. The van der Waals surface area contributed by atoms with Crippen molar-refractivity contribution in [1.29, 1.82) is 0 Å². The smallest absolute Gasteiger partial charge is 0.171 e. The lowest BCUT2D eigenvalue weighted by molar-refractivity contribution is 0.257. The van der Waals surface area contributed by atoms with Crippen LogP contribution in [0.2, 0.25) is 0 Å². The van der Waals surface area contributed by atoms with E-state index in [9.17, 15) is 0 Å². The second-order valence-corrected chi connectivity index (χ2v) is 3.82. The van der Waals surface area contributed by atoms with Crippen molar-refractivity contribution in [3.05, 3.63) is 0 Å². The number of hydrogen-bond donors (Lipinski definition) is 0. The Kier molecular flexibility index (Phi) is 3.42. The first kappa shape index (κ1) is 9.09. The second-order valence-electron chi connectivity index (χ2n) is 2.71. The summed E-state index contributed by atoms with van der Waals surface area (Å²) in [5.74, 6) is 0. The number of unbranched alkanes of at least 4 members (excludes halogenated alkanes) is 1. The van der Waals surface area contributed by atoms with E-state index >= 15 is 0 Å². The minimum absolute atomic E-state index is 0.416. The van der Waals surface area contributed by atoms with Crippen molar-refractivity contribution in [1.82, 2.24) is 9.91 Å². The highest BCUT2D eigenvalue weighted by Gasteiger charge is 2.20. The Morgan fingerprint density at radius 2 is 2.36 bits per heavy atom. The van der Waals surface area contributed by atoms with Gasteiger partial charge in [-0.2, -0.15) is 5.10 Å². The van der Waals surface area contributed by atoms with Crippen LogP contribution in [0.4, 0.5) is 0 Å². The Morgan fingerprint density at radius 3 is 2.82 bits per heavy atom. The van der Waals surface area contributed by atoms with Gasteiger partial charge < -0.3 is 4.90 Å². The molecule has 1 unspecified atom stereocenters. The second kappa shape index (κ2) is 4.13. The molecular formula is C7H14IN3. The van der Waals surface area contributed by atoms with Crippen LogP contribution >= 0.6 is 22.6 Å². The number of halogens is 1. The molecule has 0 amide bonds. The molecule has 4 heteroatoms. The summed E-state index contributed by atoms with van der Waals surface area (Å²) in [6.07, 6.45) is 4.42. The standard InChI is InChI=1S/C7H14IN3/c1-3-4-5-11-6-9-10(2)7(11)8/h6-7H,3-5H2,1-2H3. The van der Waals surface area contributed by atoms with Gasteiger partial charge in [0.2, 0.25) is 0 Å². The summed E-state index contributed by atoms with van der Waals surface area (Å²) in [5, 5.41) is 6.15. The summed E-state index contributed by atoms with van der Waals surface area (Å²) in [7, 11) is 2.00. The molecule has 1 heterocycles. The predicted octanol–water partition coefficient (Wildman–Crippen LogP) is 1.70. The number of nitrogens with zero attached hydrogens (tertiary/aromatic N) is 3. The van der Waals surface area contributed by atoms with Crippen molar-refractivity contribution in [2.24, 2.45) is 5.10 Å². The highest BCUT2D eigenvalue weighted by atomic mass is 127. The average molecular weight is 267 g/mol. The van der Waals surface area contributed by atoms with Gasteiger partial charge in [-0.3, -0.25) is 5.01 Å². The first-order valence-corrected chi connectivity index (χ1v) is 5.17. The molecule has 0 aromatic carbocycles. The predicted molar refractivity (Wildman–Crippen MR) is 55.7 cm³/mol.